The van der Waals surface area contributed by atoms with E-state index in [9.17, 15) is 13.2 Å². The van der Waals surface area contributed by atoms with Gasteiger partial charge in [0.05, 0.1) is 18.0 Å². The fourth-order valence-corrected chi connectivity index (χ4v) is 5.40. The Morgan fingerprint density at radius 2 is 1.77 bits per heavy atom. The molecule has 7 heteroatoms. The lowest BCUT2D eigenvalue weighted by Crippen LogP contribution is -2.51. The van der Waals surface area contributed by atoms with Crippen molar-refractivity contribution >= 4 is 21.6 Å². The molecule has 1 aliphatic heterocycles. The number of amides is 1. The van der Waals surface area contributed by atoms with Gasteiger partial charge in [0.25, 0.3) is 0 Å². The average molecular weight is 445 g/mol. The third-order valence-electron chi connectivity index (χ3n) is 6.18. The van der Waals surface area contributed by atoms with Gasteiger partial charge in [-0.1, -0.05) is 49.7 Å². The molecular weight excluding hydrogens is 412 g/mol. The molecule has 6 nitrogen and oxygen atoms in total. The number of benzene rings is 2. The second kappa shape index (κ2) is 8.91. The first-order valence-corrected chi connectivity index (χ1v) is 12.6. The van der Waals surface area contributed by atoms with Crippen LogP contribution in [0.15, 0.2) is 48.5 Å². The number of aryl methyl sites for hydroxylation is 1. The predicted molar refractivity (Wildman–Crippen MR) is 124 cm³/mol. The van der Waals surface area contributed by atoms with Gasteiger partial charge in [-0.25, -0.2) is 8.42 Å². The SMILES string of the molecule is CCC1(CC)C[C@H](NC(=O)[C@@H](C)N(c2ccc(C)cc2)S(C)(=O)=O)c2ccccc2O1. The van der Waals surface area contributed by atoms with Crippen LogP contribution in [0.2, 0.25) is 0 Å². The van der Waals surface area contributed by atoms with Gasteiger partial charge in [0, 0.05) is 12.0 Å². The molecule has 0 fully saturated rings. The fraction of sp³-hybridized carbons (Fsp3) is 0.458. The minimum Gasteiger partial charge on any atom is -0.487 e. The molecule has 3 rings (SSSR count). The number of nitrogens with zero attached hydrogens (tertiary/aromatic N) is 1. The summed E-state index contributed by atoms with van der Waals surface area (Å²) >= 11 is 0. The van der Waals surface area contributed by atoms with Crippen molar-refractivity contribution in [1.82, 2.24) is 5.32 Å². The van der Waals surface area contributed by atoms with Gasteiger partial charge in [0.15, 0.2) is 0 Å². The van der Waals surface area contributed by atoms with Crippen LogP contribution in [0, 0.1) is 6.92 Å². The van der Waals surface area contributed by atoms with Gasteiger partial charge in [-0.2, -0.15) is 0 Å². The van der Waals surface area contributed by atoms with Crippen LogP contribution >= 0.6 is 0 Å². The summed E-state index contributed by atoms with van der Waals surface area (Å²) in [5, 5.41) is 3.11. The first-order valence-electron chi connectivity index (χ1n) is 10.7. The topological polar surface area (TPSA) is 75.7 Å². The highest BCUT2D eigenvalue weighted by molar-refractivity contribution is 7.92. The quantitative estimate of drug-likeness (QED) is 0.689. The first-order chi connectivity index (χ1) is 14.6. The van der Waals surface area contributed by atoms with Crippen LogP contribution in [0.25, 0.3) is 0 Å². The monoisotopic (exact) mass is 444 g/mol. The molecule has 2 aromatic rings. The van der Waals surface area contributed by atoms with Crippen molar-refractivity contribution in [2.75, 3.05) is 10.6 Å². The first kappa shape index (κ1) is 23.1. The van der Waals surface area contributed by atoms with Gasteiger partial charge in [-0.3, -0.25) is 9.10 Å². The molecule has 0 radical (unpaired) electrons. The lowest BCUT2D eigenvalue weighted by Gasteiger charge is -2.42. The van der Waals surface area contributed by atoms with E-state index in [0.29, 0.717) is 12.1 Å². The molecule has 1 amide bonds. The number of nitrogens with one attached hydrogen (secondary N) is 1. The summed E-state index contributed by atoms with van der Waals surface area (Å²) in [6, 6.07) is 13.7. The Morgan fingerprint density at radius 3 is 2.35 bits per heavy atom. The average Bonchev–Trinajstić information content (AvgIpc) is 2.74. The summed E-state index contributed by atoms with van der Waals surface area (Å²) in [5.74, 6) is 0.433. The van der Waals surface area contributed by atoms with E-state index in [1.165, 1.54) is 4.31 Å². The third-order valence-corrected chi connectivity index (χ3v) is 7.42. The van der Waals surface area contributed by atoms with Gasteiger partial charge >= 0.3 is 0 Å². The Hall–Kier alpha value is -2.54. The summed E-state index contributed by atoms with van der Waals surface area (Å²) in [7, 11) is -3.66. The zero-order valence-electron chi connectivity index (χ0n) is 18.9. The molecule has 1 N–H and O–H groups in total. The van der Waals surface area contributed by atoms with Crippen molar-refractivity contribution in [3.63, 3.8) is 0 Å². The molecule has 2 aromatic carbocycles. The normalized spacial score (nSPS) is 18.4. The zero-order chi connectivity index (χ0) is 22.8. The van der Waals surface area contributed by atoms with Crippen LogP contribution in [0.4, 0.5) is 5.69 Å². The molecule has 1 aliphatic rings. The second-order valence-corrected chi connectivity index (χ2v) is 10.2. The third kappa shape index (κ3) is 4.87. The van der Waals surface area contributed by atoms with Crippen LogP contribution < -0.4 is 14.4 Å². The van der Waals surface area contributed by atoms with E-state index in [4.69, 9.17) is 4.74 Å². The molecule has 168 valence electrons. The van der Waals surface area contributed by atoms with Gasteiger partial charge < -0.3 is 10.1 Å². The number of sulfonamides is 1. The largest absolute Gasteiger partial charge is 0.487 e. The van der Waals surface area contributed by atoms with Crippen LogP contribution in [0.3, 0.4) is 0 Å². The number of anilines is 1. The Labute approximate surface area is 185 Å². The van der Waals surface area contributed by atoms with Gasteiger partial charge in [0.2, 0.25) is 15.9 Å². The summed E-state index contributed by atoms with van der Waals surface area (Å²) in [6.07, 6.45) is 3.40. The molecule has 2 atom stereocenters. The lowest BCUT2D eigenvalue weighted by atomic mass is 9.83. The molecule has 0 bridgehead atoms. The van der Waals surface area contributed by atoms with Crippen molar-refractivity contribution in [2.45, 2.75) is 64.6 Å². The highest BCUT2D eigenvalue weighted by Gasteiger charge is 2.40. The van der Waals surface area contributed by atoms with E-state index < -0.39 is 16.1 Å². The van der Waals surface area contributed by atoms with Crippen molar-refractivity contribution in [3.8, 4) is 5.75 Å². The minimum absolute atomic E-state index is 0.251. The van der Waals surface area contributed by atoms with Crippen molar-refractivity contribution in [2.24, 2.45) is 0 Å². The number of rotatable bonds is 7. The molecule has 0 aromatic heterocycles. The lowest BCUT2D eigenvalue weighted by molar-refractivity contribution is -0.123. The fourth-order valence-electron chi connectivity index (χ4n) is 4.22. The van der Waals surface area contributed by atoms with E-state index in [1.807, 2.05) is 43.3 Å². The Morgan fingerprint density at radius 1 is 1.16 bits per heavy atom. The molecule has 0 saturated heterocycles. The molecule has 0 spiro atoms. The molecule has 0 unspecified atom stereocenters. The summed E-state index contributed by atoms with van der Waals surface area (Å²) in [4.78, 5) is 13.3. The molecular formula is C24H32N2O4S. The van der Waals surface area contributed by atoms with Crippen molar-refractivity contribution < 1.29 is 17.9 Å². The van der Waals surface area contributed by atoms with Crippen LogP contribution in [0.1, 0.15) is 57.2 Å². The molecule has 31 heavy (non-hydrogen) atoms. The second-order valence-electron chi connectivity index (χ2n) is 8.37. The standard InChI is InChI=1S/C24H32N2O4S/c1-6-24(7-2)16-21(20-10-8-9-11-22(20)30-24)25-23(27)18(4)26(31(5,28)29)19-14-12-17(3)13-15-19/h8-15,18,21H,6-7,16H2,1-5H3,(H,25,27)/t18-,21+/m1/s1. The minimum atomic E-state index is -3.66. The Kier molecular flexibility index (Phi) is 6.65. The Bertz CT molecular complexity index is 1030. The predicted octanol–water partition coefficient (Wildman–Crippen LogP) is 4.35. The number of fused-ring (bicyclic) bond motifs is 1. The highest BCUT2D eigenvalue weighted by atomic mass is 32.2. The van der Waals surface area contributed by atoms with Gasteiger partial charge in [0.1, 0.15) is 17.4 Å². The number of carbonyl (C=O) groups excluding carboxylic acids is 1. The van der Waals surface area contributed by atoms with E-state index in [0.717, 1.165) is 36.0 Å². The smallest absolute Gasteiger partial charge is 0.244 e. The molecule has 0 saturated carbocycles. The number of para-hydroxylation sites is 1. The molecule has 0 aliphatic carbocycles. The molecule has 1 heterocycles. The highest BCUT2D eigenvalue weighted by Crippen LogP contribution is 2.42. The zero-order valence-corrected chi connectivity index (χ0v) is 19.7. The Balaban J connectivity index is 1.90. The van der Waals surface area contributed by atoms with E-state index >= 15 is 0 Å². The van der Waals surface area contributed by atoms with E-state index in [1.54, 1.807) is 19.1 Å². The van der Waals surface area contributed by atoms with Crippen molar-refractivity contribution in [1.29, 1.82) is 0 Å². The van der Waals surface area contributed by atoms with E-state index in [-0.39, 0.29) is 17.6 Å². The number of ether oxygens (including phenoxy) is 1. The van der Waals surface area contributed by atoms with Gasteiger partial charge in [-0.15, -0.1) is 0 Å². The number of hydrogen-bond acceptors (Lipinski definition) is 4. The number of carbonyl (C=O) groups is 1. The van der Waals surface area contributed by atoms with Crippen LogP contribution in [0.5, 0.6) is 5.75 Å². The van der Waals surface area contributed by atoms with Crippen molar-refractivity contribution in [3.05, 3.63) is 59.7 Å². The van der Waals surface area contributed by atoms with Crippen LogP contribution in [-0.2, 0) is 14.8 Å². The maximum absolute atomic E-state index is 13.3. The maximum Gasteiger partial charge on any atom is 0.244 e. The van der Waals surface area contributed by atoms with Crippen LogP contribution in [-0.4, -0.2) is 32.2 Å². The summed E-state index contributed by atoms with van der Waals surface area (Å²) < 4.78 is 32.6. The summed E-state index contributed by atoms with van der Waals surface area (Å²) in [6.45, 7) is 7.72. The van der Waals surface area contributed by atoms with E-state index in [2.05, 4.69) is 19.2 Å². The summed E-state index contributed by atoms with van der Waals surface area (Å²) in [5.41, 5.74) is 2.05. The number of hydrogen-bond donors (Lipinski definition) is 1. The maximum atomic E-state index is 13.3. The van der Waals surface area contributed by atoms with Gasteiger partial charge in [-0.05, 0) is 44.9 Å².